The molecule has 1 aromatic carbocycles. The van der Waals surface area contributed by atoms with E-state index in [0.29, 0.717) is 20.6 Å². The monoisotopic (exact) mass is 424 g/mol. The molecule has 0 bridgehead atoms. The SMILES string of the molecule is CNc1ncnc(Nc2cc(C(F)(F)F)ccc2Br)c1Br. The standard InChI is InChI=1S/C12H9Br2F3N4/c1-18-10-9(14)11(20-5-19-10)21-8-4-6(12(15,16)17)2-3-7(8)13/h2-5H,1H3,(H2,18,19,20,21). The molecule has 4 nitrogen and oxygen atoms in total. The molecule has 0 fully saturated rings. The van der Waals surface area contributed by atoms with Crippen molar-refractivity contribution in [3.63, 3.8) is 0 Å². The normalized spacial score (nSPS) is 11.3. The van der Waals surface area contributed by atoms with Gasteiger partial charge in [-0.2, -0.15) is 13.2 Å². The van der Waals surface area contributed by atoms with Crippen LogP contribution in [0.25, 0.3) is 0 Å². The highest BCUT2D eigenvalue weighted by Crippen LogP contribution is 2.36. The second-order valence-electron chi connectivity index (χ2n) is 3.95. The zero-order valence-electron chi connectivity index (χ0n) is 10.6. The number of anilines is 3. The summed E-state index contributed by atoms with van der Waals surface area (Å²) in [5.74, 6) is 0.880. The van der Waals surface area contributed by atoms with E-state index < -0.39 is 11.7 Å². The Morgan fingerprint density at radius 2 is 1.76 bits per heavy atom. The van der Waals surface area contributed by atoms with Gasteiger partial charge in [0.05, 0.1) is 11.3 Å². The second kappa shape index (κ2) is 6.18. The Kier molecular flexibility index (Phi) is 4.72. The van der Waals surface area contributed by atoms with Crippen LogP contribution in [0.4, 0.5) is 30.5 Å². The van der Waals surface area contributed by atoms with Crippen LogP contribution >= 0.6 is 31.9 Å². The highest BCUT2D eigenvalue weighted by molar-refractivity contribution is 9.11. The third kappa shape index (κ3) is 3.65. The highest BCUT2D eigenvalue weighted by Gasteiger charge is 2.31. The van der Waals surface area contributed by atoms with Crippen molar-refractivity contribution < 1.29 is 13.2 Å². The molecule has 21 heavy (non-hydrogen) atoms. The molecular weight excluding hydrogens is 417 g/mol. The van der Waals surface area contributed by atoms with E-state index in [-0.39, 0.29) is 5.69 Å². The van der Waals surface area contributed by atoms with Crippen molar-refractivity contribution in [3.05, 3.63) is 39.0 Å². The van der Waals surface area contributed by atoms with Gasteiger partial charge in [-0.1, -0.05) is 0 Å². The van der Waals surface area contributed by atoms with Crippen LogP contribution in [0.2, 0.25) is 0 Å². The van der Waals surface area contributed by atoms with Gasteiger partial charge in [-0.15, -0.1) is 0 Å². The summed E-state index contributed by atoms with van der Waals surface area (Å²) in [4.78, 5) is 7.98. The van der Waals surface area contributed by atoms with E-state index in [1.807, 2.05) is 0 Å². The summed E-state index contributed by atoms with van der Waals surface area (Å²) in [7, 11) is 1.68. The number of aromatic nitrogens is 2. The lowest BCUT2D eigenvalue weighted by Crippen LogP contribution is -2.06. The molecule has 0 aliphatic rings. The smallest absolute Gasteiger partial charge is 0.372 e. The van der Waals surface area contributed by atoms with Crippen LogP contribution in [0.15, 0.2) is 33.5 Å². The molecule has 2 N–H and O–H groups in total. The molecule has 2 rings (SSSR count). The minimum absolute atomic E-state index is 0.256. The first-order chi connectivity index (χ1) is 9.82. The van der Waals surface area contributed by atoms with Gasteiger partial charge in [0.25, 0.3) is 0 Å². The number of rotatable bonds is 3. The van der Waals surface area contributed by atoms with Crippen LogP contribution in [-0.4, -0.2) is 17.0 Å². The van der Waals surface area contributed by atoms with Gasteiger partial charge in [0.1, 0.15) is 22.4 Å². The summed E-state index contributed by atoms with van der Waals surface area (Å²) >= 11 is 6.50. The number of hydrogen-bond acceptors (Lipinski definition) is 4. The van der Waals surface area contributed by atoms with Gasteiger partial charge in [-0.3, -0.25) is 0 Å². The van der Waals surface area contributed by atoms with E-state index in [1.54, 1.807) is 7.05 Å². The van der Waals surface area contributed by atoms with Crippen molar-refractivity contribution in [3.8, 4) is 0 Å². The molecule has 0 radical (unpaired) electrons. The van der Waals surface area contributed by atoms with E-state index in [9.17, 15) is 13.2 Å². The van der Waals surface area contributed by atoms with Gasteiger partial charge in [0.2, 0.25) is 0 Å². The zero-order valence-corrected chi connectivity index (χ0v) is 13.8. The fourth-order valence-electron chi connectivity index (χ4n) is 1.56. The van der Waals surface area contributed by atoms with Gasteiger partial charge < -0.3 is 10.6 Å². The first-order valence-electron chi connectivity index (χ1n) is 5.65. The zero-order chi connectivity index (χ0) is 15.6. The Labute approximate surface area is 135 Å². The lowest BCUT2D eigenvalue weighted by Gasteiger charge is -2.13. The number of nitrogens with zero attached hydrogens (tertiary/aromatic N) is 2. The topological polar surface area (TPSA) is 49.8 Å². The quantitative estimate of drug-likeness (QED) is 0.741. The number of benzene rings is 1. The number of hydrogen-bond donors (Lipinski definition) is 2. The van der Waals surface area contributed by atoms with Gasteiger partial charge in [0, 0.05) is 11.5 Å². The van der Waals surface area contributed by atoms with Crippen molar-refractivity contribution >= 4 is 49.2 Å². The van der Waals surface area contributed by atoms with E-state index in [1.165, 1.54) is 12.4 Å². The molecule has 0 saturated carbocycles. The van der Waals surface area contributed by atoms with Gasteiger partial charge >= 0.3 is 6.18 Å². The summed E-state index contributed by atoms with van der Waals surface area (Å²) in [5.41, 5.74) is -0.488. The molecule has 1 heterocycles. The van der Waals surface area contributed by atoms with Crippen LogP contribution in [0.5, 0.6) is 0 Å². The molecule has 0 aliphatic carbocycles. The van der Waals surface area contributed by atoms with Crippen LogP contribution in [0, 0.1) is 0 Å². The first-order valence-corrected chi connectivity index (χ1v) is 7.23. The van der Waals surface area contributed by atoms with Crippen molar-refractivity contribution in [2.24, 2.45) is 0 Å². The van der Waals surface area contributed by atoms with Crippen LogP contribution in [0.3, 0.4) is 0 Å². The lowest BCUT2D eigenvalue weighted by atomic mass is 10.2. The molecule has 2 aromatic rings. The maximum absolute atomic E-state index is 12.7. The lowest BCUT2D eigenvalue weighted by molar-refractivity contribution is -0.137. The summed E-state index contributed by atoms with van der Waals surface area (Å²) in [6, 6.07) is 3.35. The molecule has 1 aromatic heterocycles. The first kappa shape index (κ1) is 16.0. The number of nitrogens with one attached hydrogen (secondary N) is 2. The highest BCUT2D eigenvalue weighted by atomic mass is 79.9. The second-order valence-corrected chi connectivity index (χ2v) is 5.60. The van der Waals surface area contributed by atoms with Crippen molar-refractivity contribution in [1.82, 2.24) is 9.97 Å². The Balaban J connectivity index is 2.40. The average Bonchev–Trinajstić information content (AvgIpc) is 2.42. The molecule has 112 valence electrons. The summed E-state index contributed by atoms with van der Waals surface area (Å²) < 4.78 is 39.3. The minimum atomic E-state index is -4.41. The fourth-order valence-corrected chi connectivity index (χ4v) is 2.40. The molecule has 0 amide bonds. The van der Waals surface area contributed by atoms with Crippen molar-refractivity contribution in [2.75, 3.05) is 17.7 Å². The molecule has 0 spiro atoms. The van der Waals surface area contributed by atoms with E-state index >= 15 is 0 Å². The number of halogens is 5. The van der Waals surface area contributed by atoms with E-state index in [4.69, 9.17) is 0 Å². The van der Waals surface area contributed by atoms with E-state index in [2.05, 4.69) is 52.5 Å². The van der Waals surface area contributed by atoms with Crippen molar-refractivity contribution in [1.29, 1.82) is 0 Å². The van der Waals surface area contributed by atoms with Crippen molar-refractivity contribution in [2.45, 2.75) is 6.18 Å². The number of alkyl halides is 3. The maximum Gasteiger partial charge on any atom is 0.416 e. The van der Waals surface area contributed by atoms with Gasteiger partial charge in [-0.25, -0.2) is 9.97 Å². The predicted molar refractivity (Wildman–Crippen MR) is 81.7 cm³/mol. The molecule has 0 atom stereocenters. The summed E-state index contributed by atoms with van der Waals surface area (Å²) in [6.07, 6.45) is -3.10. The summed E-state index contributed by atoms with van der Waals surface area (Å²) in [5, 5.41) is 5.68. The molecule has 0 saturated heterocycles. The molecular formula is C12H9Br2F3N4. The van der Waals surface area contributed by atoms with Crippen LogP contribution in [-0.2, 0) is 6.18 Å². The largest absolute Gasteiger partial charge is 0.416 e. The Morgan fingerprint density at radius 1 is 1.10 bits per heavy atom. The Bertz CT molecular complexity index is 661. The summed E-state index contributed by atoms with van der Waals surface area (Å²) in [6.45, 7) is 0. The fraction of sp³-hybridized carbons (Fsp3) is 0.167. The average molecular weight is 426 g/mol. The molecule has 9 heteroatoms. The Morgan fingerprint density at radius 3 is 2.38 bits per heavy atom. The Hall–Kier alpha value is -1.35. The van der Waals surface area contributed by atoms with E-state index in [0.717, 1.165) is 12.1 Å². The third-order valence-electron chi connectivity index (χ3n) is 2.57. The molecule has 0 aliphatic heterocycles. The van der Waals surface area contributed by atoms with Gasteiger partial charge in [0.15, 0.2) is 0 Å². The third-order valence-corrected chi connectivity index (χ3v) is 4.02. The van der Waals surface area contributed by atoms with Crippen LogP contribution in [0.1, 0.15) is 5.56 Å². The van der Waals surface area contributed by atoms with Gasteiger partial charge in [-0.05, 0) is 50.1 Å². The minimum Gasteiger partial charge on any atom is -0.372 e. The van der Waals surface area contributed by atoms with Crippen LogP contribution < -0.4 is 10.6 Å². The predicted octanol–water partition coefficient (Wildman–Crippen LogP) is 4.81. The maximum atomic E-state index is 12.7. The molecule has 0 unspecified atom stereocenters.